The smallest absolute Gasteiger partial charge is 0.269 e. The lowest BCUT2D eigenvalue weighted by Crippen LogP contribution is -2.21. The van der Waals surface area contributed by atoms with Gasteiger partial charge >= 0.3 is 0 Å². The summed E-state index contributed by atoms with van der Waals surface area (Å²) < 4.78 is 11.7. The molecule has 0 amide bonds. The Labute approximate surface area is 141 Å². The van der Waals surface area contributed by atoms with Crippen molar-refractivity contribution in [2.24, 2.45) is 0 Å². The van der Waals surface area contributed by atoms with Crippen molar-refractivity contribution in [1.82, 2.24) is 0 Å². The van der Waals surface area contributed by atoms with Crippen molar-refractivity contribution < 1.29 is 14.4 Å². The quantitative estimate of drug-likeness (QED) is 0.365. The average molecular weight is 327 g/mol. The summed E-state index contributed by atoms with van der Waals surface area (Å²) in [5, 5.41) is 10.7. The van der Waals surface area contributed by atoms with E-state index in [4.69, 9.17) is 9.47 Å². The van der Waals surface area contributed by atoms with Gasteiger partial charge in [-0.05, 0) is 42.7 Å². The van der Waals surface area contributed by atoms with Crippen LogP contribution in [0.3, 0.4) is 0 Å². The van der Waals surface area contributed by atoms with E-state index in [9.17, 15) is 10.1 Å². The fraction of sp³-hybridized carbons (Fsp3) is 0.263. The van der Waals surface area contributed by atoms with Gasteiger partial charge in [0.15, 0.2) is 0 Å². The third-order valence-corrected chi connectivity index (χ3v) is 3.50. The molecule has 126 valence electrons. The lowest BCUT2D eigenvalue weighted by atomic mass is 10.2. The standard InChI is InChI=1S/C19H21NO4/c1-2-3-7-19(15-24-18-8-5-4-6-9-18)23-14-16-10-12-17(13-11-16)20(21)22/h2,4-6,8-13,19H,1,3,7,14-15H2. The minimum absolute atomic E-state index is 0.0709. The van der Waals surface area contributed by atoms with Crippen LogP contribution in [0, 0.1) is 10.1 Å². The first-order valence-electron chi connectivity index (χ1n) is 7.82. The summed E-state index contributed by atoms with van der Waals surface area (Å²) in [6.45, 7) is 4.57. The predicted molar refractivity (Wildman–Crippen MR) is 93.0 cm³/mol. The lowest BCUT2D eigenvalue weighted by Gasteiger charge is -2.18. The number of ether oxygens (including phenoxy) is 2. The topological polar surface area (TPSA) is 61.6 Å². The van der Waals surface area contributed by atoms with Gasteiger partial charge in [-0.3, -0.25) is 10.1 Å². The van der Waals surface area contributed by atoms with Crippen LogP contribution in [0.4, 0.5) is 5.69 Å². The first-order chi connectivity index (χ1) is 11.7. The van der Waals surface area contributed by atoms with E-state index >= 15 is 0 Å². The molecule has 5 nitrogen and oxygen atoms in total. The Morgan fingerprint density at radius 3 is 2.46 bits per heavy atom. The van der Waals surface area contributed by atoms with Crippen molar-refractivity contribution in [2.75, 3.05) is 6.61 Å². The average Bonchev–Trinajstić information content (AvgIpc) is 2.62. The van der Waals surface area contributed by atoms with E-state index in [1.54, 1.807) is 12.1 Å². The number of non-ortho nitro benzene ring substituents is 1. The summed E-state index contributed by atoms with van der Waals surface area (Å²) in [6, 6.07) is 16.0. The number of para-hydroxylation sites is 1. The summed E-state index contributed by atoms with van der Waals surface area (Å²) in [5.74, 6) is 0.806. The van der Waals surface area contributed by atoms with Gasteiger partial charge in [-0.2, -0.15) is 0 Å². The second kappa shape index (κ2) is 9.47. The molecule has 2 rings (SSSR count). The highest BCUT2D eigenvalue weighted by Crippen LogP contribution is 2.15. The summed E-state index contributed by atoms with van der Waals surface area (Å²) in [4.78, 5) is 10.3. The van der Waals surface area contributed by atoms with Crippen LogP contribution in [-0.2, 0) is 11.3 Å². The molecule has 0 saturated heterocycles. The molecule has 0 aliphatic heterocycles. The first-order valence-corrected chi connectivity index (χ1v) is 7.82. The van der Waals surface area contributed by atoms with Gasteiger partial charge in [-0.25, -0.2) is 0 Å². The normalized spacial score (nSPS) is 11.7. The van der Waals surface area contributed by atoms with Crippen molar-refractivity contribution in [1.29, 1.82) is 0 Å². The van der Waals surface area contributed by atoms with Gasteiger partial charge in [0.25, 0.3) is 5.69 Å². The molecule has 0 spiro atoms. The van der Waals surface area contributed by atoms with Crippen LogP contribution in [0.15, 0.2) is 67.3 Å². The monoisotopic (exact) mass is 327 g/mol. The predicted octanol–water partition coefficient (Wildman–Crippen LogP) is 4.53. The Bertz CT molecular complexity index is 640. The molecule has 2 aromatic rings. The molecule has 0 bridgehead atoms. The molecule has 0 aliphatic rings. The second-order valence-electron chi connectivity index (χ2n) is 5.35. The number of nitro benzene ring substituents is 1. The lowest BCUT2D eigenvalue weighted by molar-refractivity contribution is -0.384. The summed E-state index contributed by atoms with van der Waals surface area (Å²) in [7, 11) is 0. The third-order valence-electron chi connectivity index (χ3n) is 3.50. The molecule has 0 N–H and O–H groups in total. The zero-order chi connectivity index (χ0) is 17.2. The molecule has 2 aromatic carbocycles. The number of allylic oxidation sites excluding steroid dienone is 1. The zero-order valence-electron chi connectivity index (χ0n) is 13.5. The molecular weight excluding hydrogens is 306 g/mol. The highest BCUT2D eigenvalue weighted by molar-refractivity contribution is 5.32. The second-order valence-corrected chi connectivity index (χ2v) is 5.35. The molecule has 0 heterocycles. The number of hydrogen-bond acceptors (Lipinski definition) is 4. The minimum atomic E-state index is -0.411. The van der Waals surface area contributed by atoms with Crippen LogP contribution in [0.25, 0.3) is 0 Å². The molecule has 0 radical (unpaired) electrons. The van der Waals surface area contributed by atoms with Crippen LogP contribution < -0.4 is 4.74 Å². The highest BCUT2D eigenvalue weighted by atomic mass is 16.6. The molecular formula is C19H21NO4. The third kappa shape index (κ3) is 5.85. The van der Waals surface area contributed by atoms with Crippen LogP contribution >= 0.6 is 0 Å². The number of benzene rings is 2. The molecule has 1 atom stereocenters. The maximum Gasteiger partial charge on any atom is 0.269 e. The van der Waals surface area contributed by atoms with E-state index in [-0.39, 0.29) is 11.8 Å². The van der Waals surface area contributed by atoms with Crippen molar-refractivity contribution in [3.05, 3.63) is 82.9 Å². The van der Waals surface area contributed by atoms with Crippen molar-refractivity contribution >= 4 is 5.69 Å². The van der Waals surface area contributed by atoms with Gasteiger partial charge in [-0.1, -0.05) is 24.3 Å². The summed E-state index contributed by atoms with van der Waals surface area (Å²) >= 11 is 0. The molecule has 5 heteroatoms. The maximum absolute atomic E-state index is 10.7. The Hall–Kier alpha value is -2.66. The highest BCUT2D eigenvalue weighted by Gasteiger charge is 2.11. The molecule has 0 fully saturated rings. The van der Waals surface area contributed by atoms with Crippen molar-refractivity contribution in [3.8, 4) is 5.75 Å². The molecule has 1 unspecified atom stereocenters. The Morgan fingerprint density at radius 2 is 1.83 bits per heavy atom. The summed E-state index contributed by atoms with van der Waals surface area (Å²) in [5.41, 5.74) is 0.971. The fourth-order valence-corrected chi connectivity index (χ4v) is 2.15. The Kier molecular flexibility index (Phi) is 6.98. The molecule has 0 saturated carbocycles. The molecule has 0 aromatic heterocycles. The van der Waals surface area contributed by atoms with E-state index in [1.165, 1.54) is 12.1 Å². The Balaban J connectivity index is 1.87. The number of rotatable bonds is 10. The number of hydrogen-bond donors (Lipinski definition) is 0. The summed E-state index contributed by atoms with van der Waals surface area (Å²) in [6.07, 6.45) is 3.43. The van der Waals surface area contributed by atoms with E-state index in [1.807, 2.05) is 36.4 Å². The van der Waals surface area contributed by atoms with Crippen LogP contribution in [0.5, 0.6) is 5.75 Å². The van der Waals surface area contributed by atoms with E-state index in [2.05, 4.69) is 6.58 Å². The maximum atomic E-state index is 10.7. The van der Waals surface area contributed by atoms with Gasteiger partial charge in [0.05, 0.1) is 17.6 Å². The SMILES string of the molecule is C=CCCC(COc1ccccc1)OCc1ccc([N+](=O)[O-])cc1. The molecule has 0 aliphatic carbocycles. The van der Waals surface area contributed by atoms with E-state index in [0.29, 0.717) is 13.2 Å². The largest absolute Gasteiger partial charge is 0.491 e. The van der Waals surface area contributed by atoms with Crippen LogP contribution in [0.2, 0.25) is 0 Å². The number of nitro groups is 1. The van der Waals surface area contributed by atoms with Gasteiger partial charge in [0.1, 0.15) is 12.4 Å². The van der Waals surface area contributed by atoms with E-state index < -0.39 is 4.92 Å². The number of nitrogens with zero attached hydrogens (tertiary/aromatic N) is 1. The van der Waals surface area contributed by atoms with Gasteiger partial charge in [0.2, 0.25) is 0 Å². The van der Waals surface area contributed by atoms with Gasteiger partial charge < -0.3 is 9.47 Å². The van der Waals surface area contributed by atoms with Gasteiger partial charge in [-0.15, -0.1) is 6.58 Å². The first kappa shape index (κ1) is 17.7. The van der Waals surface area contributed by atoms with Crippen molar-refractivity contribution in [3.63, 3.8) is 0 Å². The van der Waals surface area contributed by atoms with E-state index in [0.717, 1.165) is 24.2 Å². The zero-order valence-corrected chi connectivity index (χ0v) is 13.5. The van der Waals surface area contributed by atoms with Gasteiger partial charge in [0, 0.05) is 12.1 Å². The molecule has 24 heavy (non-hydrogen) atoms. The Morgan fingerprint density at radius 1 is 1.12 bits per heavy atom. The fourth-order valence-electron chi connectivity index (χ4n) is 2.15. The van der Waals surface area contributed by atoms with Crippen molar-refractivity contribution in [2.45, 2.75) is 25.6 Å². The van der Waals surface area contributed by atoms with Crippen LogP contribution in [0.1, 0.15) is 18.4 Å². The minimum Gasteiger partial charge on any atom is -0.491 e. The van der Waals surface area contributed by atoms with Crippen LogP contribution in [-0.4, -0.2) is 17.6 Å².